The van der Waals surface area contributed by atoms with Crippen molar-refractivity contribution in [3.8, 4) is 0 Å². The zero-order chi connectivity index (χ0) is 18.0. The van der Waals surface area contributed by atoms with Gasteiger partial charge in [0.2, 0.25) is 5.91 Å². The van der Waals surface area contributed by atoms with Gasteiger partial charge in [-0.25, -0.2) is 0 Å². The van der Waals surface area contributed by atoms with Crippen molar-refractivity contribution in [2.45, 2.75) is 33.2 Å². The van der Waals surface area contributed by atoms with Crippen LogP contribution in [0, 0.1) is 11.3 Å². The number of nitrogens with one attached hydrogen (secondary N) is 2. The van der Waals surface area contributed by atoms with Gasteiger partial charge in [0.05, 0.1) is 17.4 Å². The van der Waals surface area contributed by atoms with E-state index in [4.69, 9.17) is 10.5 Å². The lowest BCUT2D eigenvalue weighted by Crippen LogP contribution is -2.51. The summed E-state index contributed by atoms with van der Waals surface area (Å²) in [7, 11) is -3.78. The quantitative estimate of drug-likeness (QED) is 0.627. The molecule has 0 spiro atoms. The number of amidine groups is 1. The van der Waals surface area contributed by atoms with Gasteiger partial charge in [0.1, 0.15) is 18.2 Å². The highest BCUT2D eigenvalue weighted by atomic mass is 32.2. The molecule has 0 bridgehead atoms. The maximum Gasteiger partial charge on any atom is 0.322 e. The Labute approximate surface area is 142 Å². The molecule has 2 unspecified atom stereocenters. The number of hydrogen-bond acceptors (Lipinski definition) is 5. The second kappa shape index (κ2) is 6.94. The van der Waals surface area contributed by atoms with Crippen molar-refractivity contribution in [3.05, 3.63) is 24.0 Å². The molecule has 2 atom stereocenters. The molecule has 8 nitrogen and oxygen atoms in total. The van der Waals surface area contributed by atoms with E-state index in [0.717, 1.165) is 6.42 Å². The summed E-state index contributed by atoms with van der Waals surface area (Å²) < 4.78 is 34.9. The number of fused-ring (bicyclic) bond motifs is 1. The molecule has 0 aromatic carbocycles. The van der Waals surface area contributed by atoms with E-state index in [1.165, 1.54) is 0 Å². The predicted molar refractivity (Wildman–Crippen MR) is 91.2 cm³/mol. The molecule has 0 fully saturated rings. The average Bonchev–Trinajstić information content (AvgIpc) is 2.48. The van der Waals surface area contributed by atoms with Gasteiger partial charge in [-0.3, -0.25) is 4.79 Å². The Hall–Kier alpha value is -1.87. The standard InChI is InChI=1S/C15H24N4O4S/c1-4-8-17-14(20)15(2,3)9-23-11-7-5-6-10-12(11)13(16)19-24(21,22)18-10/h5-7,10,12,18H,4,8-9H2,1-3H3,(H2,16,19)(H,17,20). The largest absolute Gasteiger partial charge is 0.496 e. The Kier molecular flexibility index (Phi) is 5.34. The normalized spacial score (nSPS) is 25.3. The number of allylic oxidation sites excluding steroid dienone is 2. The number of nitrogens with zero attached hydrogens (tertiary/aromatic N) is 1. The van der Waals surface area contributed by atoms with Gasteiger partial charge in [-0.05, 0) is 26.3 Å². The molecule has 1 aliphatic heterocycles. The second-order valence-corrected chi connectivity index (χ2v) is 7.86. The molecule has 134 valence electrons. The Balaban J connectivity index is 2.09. The first-order chi connectivity index (χ1) is 11.2. The summed E-state index contributed by atoms with van der Waals surface area (Å²) in [6, 6.07) is -0.537. The molecule has 1 amide bonds. The van der Waals surface area contributed by atoms with Crippen molar-refractivity contribution in [2.24, 2.45) is 21.5 Å². The van der Waals surface area contributed by atoms with E-state index in [0.29, 0.717) is 12.3 Å². The molecule has 24 heavy (non-hydrogen) atoms. The molecule has 0 aromatic heterocycles. The van der Waals surface area contributed by atoms with Crippen LogP contribution in [0.3, 0.4) is 0 Å². The Morgan fingerprint density at radius 1 is 1.50 bits per heavy atom. The van der Waals surface area contributed by atoms with Crippen molar-refractivity contribution in [1.82, 2.24) is 10.0 Å². The van der Waals surface area contributed by atoms with Crippen molar-refractivity contribution in [1.29, 1.82) is 0 Å². The summed E-state index contributed by atoms with van der Waals surface area (Å²) in [5, 5.41) is 2.84. The molecular formula is C15H24N4O4S. The maximum absolute atomic E-state index is 12.2. The first-order valence-electron chi connectivity index (χ1n) is 7.83. The zero-order valence-corrected chi connectivity index (χ0v) is 14.9. The van der Waals surface area contributed by atoms with Crippen LogP contribution in [-0.4, -0.2) is 39.4 Å². The Morgan fingerprint density at radius 2 is 2.21 bits per heavy atom. The molecule has 0 saturated heterocycles. The van der Waals surface area contributed by atoms with Gasteiger partial charge in [-0.2, -0.15) is 13.1 Å². The van der Waals surface area contributed by atoms with Crippen LogP contribution < -0.4 is 15.8 Å². The van der Waals surface area contributed by atoms with Crippen LogP contribution >= 0.6 is 0 Å². The minimum absolute atomic E-state index is 0.0254. The molecule has 1 aliphatic carbocycles. The SMILES string of the molecule is CCCNC(=O)C(C)(C)COC1=CC=CC2NS(=O)(=O)N=C(N)C12. The maximum atomic E-state index is 12.2. The predicted octanol–water partition coefficient (Wildman–Crippen LogP) is 0.199. The number of nitrogens with two attached hydrogens (primary N) is 1. The van der Waals surface area contributed by atoms with Crippen LogP contribution in [0.2, 0.25) is 0 Å². The highest BCUT2D eigenvalue weighted by molar-refractivity contribution is 7.88. The second-order valence-electron chi connectivity index (χ2n) is 6.49. The Morgan fingerprint density at radius 3 is 2.88 bits per heavy atom. The summed E-state index contributed by atoms with van der Waals surface area (Å²) in [6.45, 7) is 6.31. The first kappa shape index (κ1) is 18.5. The lowest BCUT2D eigenvalue weighted by Gasteiger charge is -2.33. The van der Waals surface area contributed by atoms with Gasteiger partial charge < -0.3 is 15.8 Å². The number of carbonyl (C=O) groups excluding carboxylic acids is 1. The van der Waals surface area contributed by atoms with Crippen molar-refractivity contribution >= 4 is 22.0 Å². The Bertz CT molecular complexity index is 694. The minimum Gasteiger partial charge on any atom is -0.496 e. The molecule has 0 saturated carbocycles. The fraction of sp³-hybridized carbons (Fsp3) is 0.600. The number of rotatable bonds is 6. The van der Waals surface area contributed by atoms with Crippen LogP contribution in [-0.2, 0) is 19.7 Å². The summed E-state index contributed by atoms with van der Waals surface area (Å²) in [6.07, 6.45) is 5.95. The lowest BCUT2D eigenvalue weighted by molar-refractivity contribution is -0.131. The fourth-order valence-electron chi connectivity index (χ4n) is 2.44. The summed E-state index contributed by atoms with van der Waals surface area (Å²) in [4.78, 5) is 12.2. The minimum atomic E-state index is -3.78. The molecule has 2 aliphatic rings. The van der Waals surface area contributed by atoms with Gasteiger partial charge in [-0.15, -0.1) is 4.40 Å². The molecular weight excluding hydrogens is 332 g/mol. The summed E-state index contributed by atoms with van der Waals surface area (Å²) in [5.41, 5.74) is 5.09. The third kappa shape index (κ3) is 4.15. The van der Waals surface area contributed by atoms with E-state index < -0.39 is 27.6 Å². The van der Waals surface area contributed by atoms with Crippen LogP contribution in [0.4, 0.5) is 0 Å². The zero-order valence-electron chi connectivity index (χ0n) is 14.1. The molecule has 1 heterocycles. The topological polar surface area (TPSA) is 123 Å². The number of ether oxygens (including phenoxy) is 1. The average molecular weight is 356 g/mol. The van der Waals surface area contributed by atoms with Crippen LogP contribution in [0.1, 0.15) is 27.2 Å². The molecule has 4 N–H and O–H groups in total. The van der Waals surface area contributed by atoms with Crippen LogP contribution in [0.15, 0.2) is 28.4 Å². The molecule has 9 heteroatoms. The van der Waals surface area contributed by atoms with Crippen LogP contribution in [0.5, 0.6) is 0 Å². The van der Waals surface area contributed by atoms with Crippen molar-refractivity contribution in [2.75, 3.05) is 13.2 Å². The number of amides is 1. The van der Waals surface area contributed by atoms with Gasteiger partial charge in [-0.1, -0.05) is 19.1 Å². The van der Waals surface area contributed by atoms with E-state index in [1.807, 2.05) is 6.92 Å². The van der Waals surface area contributed by atoms with Gasteiger partial charge in [0.15, 0.2) is 0 Å². The van der Waals surface area contributed by atoms with Gasteiger partial charge >= 0.3 is 10.2 Å². The van der Waals surface area contributed by atoms with E-state index in [2.05, 4.69) is 14.4 Å². The first-order valence-corrected chi connectivity index (χ1v) is 9.27. The van der Waals surface area contributed by atoms with E-state index in [9.17, 15) is 13.2 Å². The van der Waals surface area contributed by atoms with E-state index in [-0.39, 0.29) is 18.3 Å². The fourth-order valence-corrected chi connectivity index (χ4v) is 3.44. The van der Waals surface area contributed by atoms with Gasteiger partial charge in [0.25, 0.3) is 0 Å². The van der Waals surface area contributed by atoms with Crippen LogP contribution in [0.25, 0.3) is 0 Å². The summed E-state index contributed by atoms with van der Waals surface area (Å²) >= 11 is 0. The number of carbonyl (C=O) groups is 1. The highest BCUT2D eigenvalue weighted by Crippen LogP contribution is 2.28. The molecule has 0 radical (unpaired) electrons. The van der Waals surface area contributed by atoms with E-state index in [1.54, 1.807) is 32.1 Å². The van der Waals surface area contributed by atoms with Crippen molar-refractivity contribution in [3.63, 3.8) is 0 Å². The van der Waals surface area contributed by atoms with E-state index >= 15 is 0 Å². The summed E-state index contributed by atoms with van der Waals surface area (Å²) in [5.74, 6) is -0.142. The molecule has 2 rings (SSSR count). The third-order valence-corrected chi connectivity index (χ3v) is 4.84. The third-order valence-electron chi connectivity index (χ3n) is 3.82. The highest BCUT2D eigenvalue weighted by Gasteiger charge is 2.38. The lowest BCUT2D eigenvalue weighted by atomic mass is 9.91. The van der Waals surface area contributed by atoms with Gasteiger partial charge in [0, 0.05) is 6.54 Å². The van der Waals surface area contributed by atoms with Crippen molar-refractivity contribution < 1.29 is 17.9 Å². The molecule has 0 aromatic rings. The number of hydrogen-bond donors (Lipinski definition) is 3. The monoisotopic (exact) mass is 356 g/mol. The smallest absolute Gasteiger partial charge is 0.322 e.